The van der Waals surface area contributed by atoms with Gasteiger partial charge in [-0.25, -0.2) is 0 Å². The SMILES string of the molecule is N=C(N)c1ccc(Br)cc1Oc1cccc(Cl)c1. The number of hydrogen-bond donors (Lipinski definition) is 2. The van der Waals surface area contributed by atoms with E-state index in [4.69, 9.17) is 27.5 Å². The molecule has 0 amide bonds. The van der Waals surface area contributed by atoms with E-state index in [-0.39, 0.29) is 5.84 Å². The van der Waals surface area contributed by atoms with Gasteiger partial charge in [0, 0.05) is 9.50 Å². The van der Waals surface area contributed by atoms with Crippen LogP contribution < -0.4 is 10.5 Å². The minimum absolute atomic E-state index is 0.0421. The Hall–Kier alpha value is -1.52. The summed E-state index contributed by atoms with van der Waals surface area (Å²) in [7, 11) is 0. The smallest absolute Gasteiger partial charge is 0.139 e. The maximum atomic E-state index is 7.51. The summed E-state index contributed by atoms with van der Waals surface area (Å²) in [6.45, 7) is 0. The van der Waals surface area contributed by atoms with Crippen molar-refractivity contribution in [3.63, 3.8) is 0 Å². The fourth-order valence-electron chi connectivity index (χ4n) is 1.46. The lowest BCUT2D eigenvalue weighted by Crippen LogP contribution is -2.12. The average Bonchev–Trinajstić information content (AvgIpc) is 2.28. The first kappa shape index (κ1) is 12.9. The number of nitrogens with two attached hydrogens (primary N) is 1. The molecule has 5 heteroatoms. The molecule has 0 aliphatic heterocycles. The minimum Gasteiger partial charge on any atom is -0.457 e. The van der Waals surface area contributed by atoms with Crippen LogP contribution in [0.2, 0.25) is 5.02 Å². The van der Waals surface area contributed by atoms with Crippen molar-refractivity contribution >= 4 is 33.4 Å². The molecule has 2 aromatic rings. The molecule has 3 N–H and O–H groups in total. The Morgan fingerprint density at radius 2 is 2.00 bits per heavy atom. The van der Waals surface area contributed by atoms with E-state index < -0.39 is 0 Å². The molecular weight excluding hydrogens is 316 g/mol. The van der Waals surface area contributed by atoms with Gasteiger partial charge in [0.2, 0.25) is 0 Å². The van der Waals surface area contributed by atoms with Crippen LogP contribution >= 0.6 is 27.5 Å². The van der Waals surface area contributed by atoms with Gasteiger partial charge in [0.05, 0.1) is 5.56 Å². The molecule has 18 heavy (non-hydrogen) atoms. The van der Waals surface area contributed by atoms with Crippen LogP contribution in [-0.2, 0) is 0 Å². The lowest BCUT2D eigenvalue weighted by Gasteiger charge is -2.10. The van der Waals surface area contributed by atoms with Gasteiger partial charge < -0.3 is 10.5 Å². The van der Waals surface area contributed by atoms with E-state index in [1.54, 1.807) is 36.4 Å². The zero-order valence-electron chi connectivity index (χ0n) is 9.28. The number of rotatable bonds is 3. The Morgan fingerprint density at radius 1 is 1.22 bits per heavy atom. The molecule has 0 saturated heterocycles. The van der Waals surface area contributed by atoms with Crippen molar-refractivity contribution in [3.8, 4) is 11.5 Å². The molecule has 92 valence electrons. The highest BCUT2D eigenvalue weighted by atomic mass is 79.9. The molecule has 3 nitrogen and oxygen atoms in total. The van der Waals surface area contributed by atoms with Gasteiger partial charge in [-0.3, -0.25) is 5.41 Å². The van der Waals surface area contributed by atoms with E-state index in [1.165, 1.54) is 0 Å². The Labute approximate surface area is 118 Å². The minimum atomic E-state index is -0.0421. The van der Waals surface area contributed by atoms with Crippen molar-refractivity contribution in [1.82, 2.24) is 0 Å². The molecule has 0 saturated carbocycles. The average molecular weight is 326 g/mol. The van der Waals surface area contributed by atoms with Gasteiger partial charge in [-0.2, -0.15) is 0 Å². The van der Waals surface area contributed by atoms with Crippen LogP contribution in [-0.4, -0.2) is 5.84 Å². The predicted molar refractivity (Wildman–Crippen MR) is 76.7 cm³/mol. The first-order valence-electron chi connectivity index (χ1n) is 5.13. The van der Waals surface area contributed by atoms with Crippen LogP contribution in [0.4, 0.5) is 0 Å². The zero-order chi connectivity index (χ0) is 13.1. The zero-order valence-corrected chi connectivity index (χ0v) is 11.6. The van der Waals surface area contributed by atoms with Crippen molar-refractivity contribution < 1.29 is 4.74 Å². The maximum Gasteiger partial charge on any atom is 0.139 e. The van der Waals surface area contributed by atoms with Crippen molar-refractivity contribution in [2.45, 2.75) is 0 Å². The van der Waals surface area contributed by atoms with Crippen molar-refractivity contribution in [3.05, 3.63) is 57.5 Å². The first-order valence-corrected chi connectivity index (χ1v) is 6.31. The summed E-state index contributed by atoms with van der Waals surface area (Å²) in [6.07, 6.45) is 0. The third kappa shape index (κ3) is 3.03. The summed E-state index contributed by atoms with van der Waals surface area (Å²) >= 11 is 9.24. The second-order valence-electron chi connectivity index (χ2n) is 3.61. The number of nitrogen functional groups attached to an aromatic ring is 1. The van der Waals surface area contributed by atoms with Gasteiger partial charge >= 0.3 is 0 Å². The van der Waals surface area contributed by atoms with Crippen LogP contribution in [0.1, 0.15) is 5.56 Å². The fraction of sp³-hybridized carbons (Fsp3) is 0. The molecule has 0 heterocycles. The largest absolute Gasteiger partial charge is 0.457 e. The van der Waals surface area contributed by atoms with Crippen LogP contribution in [0.5, 0.6) is 11.5 Å². The number of benzene rings is 2. The molecule has 0 fully saturated rings. The number of halogens is 2. The van der Waals surface area contributed by atoms with Crippen molar-refractivity contribution in [1.29, 1.82) is 5.41 Å². The molecule has 0 atom stereocenters. The van der Waals surface area contributed by atoms with E-state index in [0.29, 0.717) is 22.1 Å². The normalized spacial score (nSPS) is 10.1. The maximum absolute atomic E-state index is 7.51. The van der Waals surface area contributed by atoms with Gasteiger partial charge in [0.1, 0.15) is 17.3 Å². The van der Waals surface area contributed by atoms with Crippen LogP contribution in [0.3, 0.4) is 0 Å². The summed E-state index contributed by atoms with van der Waals surface area (Å²) in [6, 6.07) is 12.3. The third-order valence-electron chi connectivity index (χ3n) is 2.26. The van der Waals surface area contributed by atoms with E-state index in [2.05, 4.69) is 15.9 Å². The molecule has 0 aromatic heterocycles. The molecular formula is C13H10BrClN2O. The summed E-state index contributed by atoms with van der Waals surface area (Å²) in [5.74, 6) is 1.07. The monoisotopic (exact) mass is 324 g/mol. The summed E-state index contributed by atoms with van der Waals surface area (Å²) in [5.41, 5.74) is 6.05. The highest BCUT2D eigenvalue weighted by Crippen LogP contribution is 2.29. The van der Waals surface area contributed by atoms with Gasteiger partial charge in [-0.15, -0.1) is 0 Å². The molecule has 0 aliphatic carbocycles. The topological polar surface area (TPSA) is 59.1 Å². The Bertz CT molecular complexity index is 601. The fourth-order valence-corrected chi connectivity index (χ4v) is 1.98. The van der Waals surface area contributed by atoms with Crippen LogP contribution in [0.15, 0.2) is 46.9 Å². The molecule has 2 rings (SSSR count). The molecule has 0 radical (unpaired) electrons. The van der Waals surface area contributed by atoms with Crippen LogP contribution in [0.25, 0.3) is 0 Å². The molecule has 0 unspecified atom stereocenters. The van der Waals surface area contributed by atoms with Gasteiger partial charge in [0.15, 0.2) is 0 Å². The van der Waals surface area contributed by atoms with Crippen molar-refractivity contribution in [2.75, 3.05) is 0 Å². The predicted octanol–water partition coefficient (Wildman–Crippen LogP) is 4.18. The third-order valence-corrected chi connectivity index (χ3v) is 2.99. The quantitative estimate of drug-likeness (QED) is 0.657. The van der Waals surface area contributed by atoms with Crippen molar-refractivity contribution in [2.24, 2.45) is 5.73 Å². The summed E-state index contributed by atoms with van der Waals surface area (Å²) < 4.78 is 6.55. The lowest BCUT2D eigenvalue weighted by molar-refractivity contribution is 0.481. The van der Waals surface area contributed by atoms with E-state index in [0.717, 1.165) is 4.47 Å². The lowest BCUT2D eigenvalue weighted by atomic mass is 10.2. The summed E-state index contributed by atoms with van der Waals surface area (Å²) in [4.78, 5) is 0. The van der Waals surface area contributed by atoms with Crippen LogP contribution in [0, 0.1) is 5.41 Å². The van der Waals surface area contributed by atoms with E-state index in [1.807, 2.05) is 6.07 Å². The first-order chi connectivity index (χ1) is 8.56. The second-order valence-corrected chi connectivity index (χ2v) is 4.97. The highest BCUT2D eigenvalue weighted by Gasteiger charge is 2.08. The van der Waals surface area contributed by atoms with E-state index in [9.17, 15) is 0 Å². The van der Waals surface area contributed by atoms with Gasteiger partial charge in [0.25, 0.3) is 0 Å². The summed E-state index contributed by atoms with van der Waals surface area (Å²) in [5, 5.41) is 8.10. The number of amidine groups is 1. The Morgan fingerprint density at radius 3 is 2.67 bits per heavy atom. The number of hydrogen-bond acceptors (Lipinski definition) is 2. The standard InChI is InChI=1S/C13H10BrClN2O/c14-8-4-5-11(13(16)17)12(6-8)18-10-3-1-2-9(15)7-10/h1-7H,(H3,16,17). The number of ether oxygens (including phenoxy) is 1. The second kappa shape index (κ2) is 5.42. The molecule has 2 aromatic carbocycles. The Balaban J connectivity index is 2.39. The van der Waals surface area contributed by atoms with Gasteiger partial charge in [-0.1, -0.05) is 33.6 Å². The van der Waals surface area contributed by atoms with Gasteiger partial charge in [-0.05, 0) is 36.4 Å². The molecule has 0 spiro atoms. The molecule has 0 bridgehead atoms. The molecule has 0 aliphatic rings. The number of nitrogens with one attached hydrogen (secondary N) is 1. The van der Waals surface area contributed by atoms with E-state index >= 15 is 0 Å². The highest BCUT2D eigenvalue weighted by molar-refractivity contribution is 9.10. The Kier molecular flexibility index (Phi) is 3.89.